The van der Waals surface area contributed by atoms with Crippen LogP contribution in [0.25, 0.3) is 0 Å². The zero-order chi connectivity index (χ0) is 21.4. The largest absolute Gasteiger partial charge is 0.465 e. The normalized spacial score (nSPS) is 16.0. The van der Waals surface area contributed by atoms with E-state index in [0.717, 1.165) is 11.8 Å². The van der Waals surface area contributed by atoms with Gasteiger partial charge in [0.05, 0.1) is 40.5 Å². The summed E-state index contributed by atoms with van der Waals surface area (Å²) in [5.41, 5.74) is 1.70. The summed E-state index contributed by atoms with van der Waals surface area (Å²) >= 11 is 7.54. The summed E-state index contributed by atoms with van der Waals surface area (Å²) in [6, 6.07) is 9.18. The van der Waals surface area contributed by atoms with Crippen LogP contribution < -0.4 is 5.32 Å². The Morgan fingerprint density at radius 3 is 2.72 bits per heavy atom. The number of halogens is 1. The average molecular weight is 433 g/mol. The van der Waals surface area contributed by atoms with E-state index in [4.69, 9.17) is 21.1 Å². The Morgan fingerprint density at radius 1 is 1.38 bits per heavy atom. The Balaban J connectivity index is 2.52. The van der Waals surface area contributed by atoms with Crippen LogP contribution in [0.4, 0.5) is 0 Å². The van der Waals surface area contributed by atoms with Gasteiger partial charge in [0.25, 0.3) is 0 Å². The first-order valence-electron chi connectivity index (χ1n) is 8.87. The van der Waals surface area contributed by atoms with Gasteiger partial charge in [-0.3, -0.25) is 4.79 Å². The molecule has 0 bridgehead atoms. The number of nitrogens with zero attached hydrogens (tertiary/aromatic N) is 1. The number of allylic oxidation sites excluding steroid dienone is 2. The summed E-state index contributed by atoms with van der Waals surface area (Å²) in [6.45, 7) is 7.31. The second-order valence-corrected chi connectivity index (χ2v) is 7.35. The molecule has 1 aromatic carbocycles. The zero-order valence-electron chi connectivity index (χ0n) is 16.2. The number of hydrogen-bond donors (Lipinski definition) is 1. The molecular formula is C21H21ClN2O4S. The fourth-order valence-corrected chi connectivity index (χ4v) is 4.00. The van der Waals surface area contributed by atoms with Gasteiger partial charge < -0.3 is 14.8 Å². The van der Waals surface area contributed by atoms with Crippen LogP contribution in [0.1, 0.15) is 25.3 Å². The third kappa shape index (κ3) is 5.43. The minimum Gasteiger partial charge on any atom is -0.465 e. The van der Waals surface area contributed by atoms with Crippen LogP contribution >= 0.6 is 23.4 Å². The second kappa shape index (κ2) is 10.7. The van der Waals surface area contributed by atoms with Crippen molar-refractivity contribution < 1.29 is 19.1 Å². The number of dihydropyridines is 1. The Bertz CT molecular complexity index is 918. The number of thioether (sulfide) groups is 1. The fraction of sp³-hybridized carbons (Fsp3) is 0.286. The van der Waals surface area contributed by atoms with E-state index >= 15 is 0 Å². The van der Waals surface area contributed by atoms with Crippen molar-refractivity contribution in [3.8, 4) is 6.07 Å². The topological polar surface area (TPSA) is 88.4 Å². The van der Waals surface area contributed by atoms with Crippen molar-refractivity contribution in [2.75, 3.05) is 19.0 Å². The molecule has 1 unspecified atom stereocenters. The van der Waals surface area contributed by atoms with Crippen LogP contribution in [0.15, 0.2) is 58.8 Å². The zero-order valence-corrected chi connectivity index (χ0v) is 17.7. The highest BCUT2D eigenvalue weighted by atomic mass is 35.5. The highest BCUT2D eigenvalue weighted by molar-refractivity contribution is 8.03. The molecule has 0 saturated heterocycles. The molecule has 6 nitrogen and oxygen atoms in total. The molecule has 0 radical (unpaired) electrons. The van der Waals surface area contributed by atoms with E-state index in [1.807, 2.05) is 0 Å². The quantitative estimate of drug-likeness (QED) is 0.489. The molecule has 152 valence electrons. The van der Waals surface area contributed by atoms with Crippen molar-refractivity contribution in [1.29, 1.82) is 5.26 Å². The number of carbonyl (C=O) groups excluding carboxylic acids is 2. The first kappa shape index (κ1) is 22.6. The fourth-order valence-electron chi connectivity index (χ4n) is 2.86. The van der Waals surface area contributed by atoms with Gasteiger partial charge in [-0.2, -0.15) is 5.26 Å². The number of nitrogens with one attached hydrogen (secondary N) is 1. The minimum atomic E-state index is -0.725. The van der Waals surface area contributed by atoms with Gasteiger partial charge in [0.15, 0.2) is 0 Å². The van der Waals surface area contributed by atoms with Crippen molar-refractivity contribution >= 4 is 35.3 Å². The van der Waals surface area contributed by atoms with Crippen molar-refractivity contribution in [3.63, 3.8) is 0 Å². The molecule has 1 atom stereocenters. The molecule has 0 fully saturated rings. The monoisotopic (exact) mass is 432 g/mol. The predicted octanol–water partition coefficient (Wildman–Crippen LogP) is 4.06. The molecule has 1 heterocycles. The molecule has 1 aliphatic heterocycles. The molecule has 0 aliphatic carbocycles. The third-order valence-electron chi connectivity index (χ3n) is 4.06. The molecule has 0 spiro atoms. The summed E-state index contributed by atoms with van der Waals surface area (Å²) in [5, 5.41) is 13.9. The van der Waals surface area contributed by atoms with Gasteiger partial charge in [0.2, 0.25) is 0 Å². The molecule has 0 amide bonds. The Hall–Kier alpha value is -2.69. The van der Waals surface area contributed by atoms with Crippen LogP contribution in [0.2, 0.25) is 5.02 Å². The van der Waals surface area contributed by atoms with E-state index in [0.29, 0.717) is 21.3 Å². The molecule has 0 aromatic heterocycles. The third-order valence-corrected chi connectivity index (χ3v) is 5.39. The number of nitriles is 1. The molecule has 1 N–H and O–H groups in total. The van der Waals surface area contributed by atoms with Crippen molar-refractivity contribution in [2.45, 2.75) is 19.8 Å². The van der Waals surface area contributed by atoms with Crippen LogP contribution in [0.3, 0.4) is 0 Å². The highest BCUT2D eigenvalue weighted by Crippen LogP contribution is 2.43. The van der Waals surface area contributed by atoms with E-state index in [9.17, 15) is 14.9 Å². The van der Waals surface area contributed by atoms with Gasteiger partial charge in [-0.1, -0.05) is 54.2 Å². The standard InChI is InChI=1S/C21H21ClN2O4S/c1-4-10-28-21(26)18-13(3)24-20(29-12-17(25)27-5-2)15(11-23)19(18)14-8-6-7-9-16(14)22/h4,6-9,19,24H,1,5,10,12H2,2-3H3. The van der Waals surface area contributed by atoms with E-state index in [1.54, 1.807) is 38.1 Å². The Labute approximate surface area is 179 Å². The number of ether oxygens (including phenoxy) is 2. The van der Waals surface area contributed by atoms with E-state index in [-0.39, 0.29) is 30.1 Å². The molecule has 2 rings (SSSR count). The summed E-state index contributed by atoms with van der Waals surface area (Å²) in [6.07, 6.45) is 1.47. The average Bonchev–Trinajstić information content (AvgIpc) is 2.70. The van der Waals surface area contributed by atoms with Crippen LogP contribution in [0.5, 0.6) is 0 Å². The molecule has 0 saturated carbocycles. The molecule has 29 heavy (non-hydrogen) atoms. The van der Waals surface area contributed by atoms with E-state index in [2.05, 4.69) is 18.0 Å². The Morgan fingerprint density at radius 2 is 2.10 bits per heavy atom. The van der Waals surface area contributed by atoms with Crippen molar-refractivity contribution in [2.24, 2.45) is 0 Å². The maximum Gasteiger partial charge on any atom is 0.337 e. The molecule has 8 heteroatoms. The van der Waals surface area contributed by atoms with Gasteiger partial charge in [0.1, 0.15) is 6.61 Å². The van der Waals surface area contributed by atoms with Crippen LogP contribution in [-0.2, 0) is 19.1 Å². The molecular weight excluding hydrogens is 412 g/mol. The van der Waals surface area contributed by atoms with E-state index < -0.39 is 17.9 Å². The highest BCUT2D eigenvalue weighted by Gasteiger charge is 2.36. The minimum absolute atomic E-state index is 0.0279. The van der Waals surface area contributed by atoms with Gasteiger partial charge in [-0.05, 0) is 25.5 Å². The summed E-state index contributed by atoms with van der Waals surface area (Å²) in [7, 11) is 0. The first-order chi connectivity index (χ1) is 13.9. The lowest BCUT2D eigenvalue weighted by Gasteiger charge is -2.29. The van der Waals surface area contributed by atoms with Gasteiger partial charge in [-0.15, -0.1) is 0 Å². The van der Waals surface area contributed by atoms with Crippen molar-refractivity contribution in [3.05, 3.63) is 69.4 Å². The lowest BCUT2D eigenvalue weighted by Crippen LogP contribution is -2.29. The maximum atomic E-state index is 12.8. The smallest absolute Gasteiger partial charge is 0.337 e. The number of esters is 2. The lowest BCUT2D eigenvalue weighted by atomic mass is 9.82. The van der Waals surface area contributed by atoms with Crippen LogP contribution in [0, 0.1) is 11.3 Å². The summed E-state index contributed by atoms with van der Waals surface area (Å²) < 4.78 is 10.2. The van der Waals surface area contributed by atoms with Gasteiger partial charge >= 0.3 is 11.9 Å². The molecule has 1 aromatic rings. The number of carbonyl (C=O) groups is 2. The first-order valence-corrected chi connectivity index (χ1v) is 10.2. The van der Waals surface area contributed by atoms with Gasteiger partial charge in [0, 0.05) is 10.7 Å². The number of benzene rings is 1. The lowest BCUT2D eigenvalue weighted by molar-refractivity contribution is -0.140. The summed E-state index contributed by atoms with van der Waals surface area (Å²) in [5.74, 6) is -1.66. The maximum absolute atomic E-state index is 12.8. The van der Waals surface area contributed by atoms with Gasteiger partial charge in [-0.25, -0.2) is 4.79 Å². The SMILES string of the molecule is C=CCOC(=O)C1=C(C)NC(SCC(=O)OCC)=C(C#N)C1c1ccccc1Cl. The molecule has 1 aliphatic rings. The predicted molar refractivity (Wildman–Crippen MR) is 113 cm³/mol. The number of hydrogen-bond acceptors (Lipinski definition) is 7. The second-order valence-electron chi connectivity index (χ2n) is 5.95. The van der Waals surface area contributed by atoms with E-state index in [1.165, 1.54) is 6.08 Å². The van der Waals surface area contributed by atoms with Crippen molar-refractivity contribution in [1.82, 2.24) is 5.32 Å². The van der Waals surface area contributed by atoms with Crippen LogP contribution in [-0.4, -0.2) is 30.9 Å². The number of rotatable bonds is 8. The summed E-state index contributed by atoms with van der Waals surface area (Å²) in [4.78, 5) is 24.5. The Kier molecular flexibility index (Phi) is 8.37.